The number of nitrogens with zero attached hydrogens (tertiary/aromatic N) is 2. The smallest absolute Gasteiger partial charge is 0.341 e. The molecule has 0 unspecified atom stereocenters. The summed E-state index contributed by atoms with van der Waals surface area (Å²) in [7, 11) is 0. The van der Waals surface area contributed by atoms with Crippen LogP contribution in [0, 0.1) is 0 Å². The van der Waals surface area contributed by atoms with Crippen LogP contribution in [0.4, 0.5) is 13.2 Å². The fourth-order valence-electron chi connectivity index (χ4n) is 3.44. The third-order valence-electron chi connectivity index (χ3n) is 4.99. The van der Waals surface area contributed by atoms with Gasteiger partial charge in [-0.15, -0.1) is 0 Å². The summed E-state index contributed by atoms with van der Waals surface area (Å²) in [6, 6.07) is 12.6. The predicted octanol–water partition coefficient (Wildman–Crippen LogP) is 5.38. The molecule has 0 N–H and O–H groups in total. The van der Waals surface area contributed by atoms with Crippen LogP contribution in [0.15, 0.2) is 53.7 Å². The highest BCUT2D eigenvalue weighted by Crippen LogP contribution is 2.36. The van der Waals surface area contributed by atoms with Crippen LogP contribution in [0.3, 0.4) is 0 Å². The van der Waals surface area contributed by atoms with Gasteiger partial charge in [0.1, 0.15) is 0 Å². The lowest BCUT2D eigenvalue weighted by molar-refractivity contribution is -0.138. The minimum Gasteiger partial charge on any atom is -0.341 e. The van der Waals surface area contributed by atoms with Crippen molar-refractivity contribution >= 4 is 17.7 Å². The molecule has 3 nitrogen and oxygen atoms in total. The normalized spacial score (nSPS) is 16.2. The average molecular weight is 408 g/mol. The highest BCUT2D eigenvalue weighted by Gasteiger charge is 2.36. The first kappa shape index (κ1) is 20.7. The van der Waals surface area contributed by atoms with Gasteiger partial charge < -0.3 is 4.90 Å². The van der Waals surface area contributed by atoms with E-state index in [4.69, 9.17) is 0 Å². The Hall–Kier alpha value is -2.02. The Bertz CT molecular complexity index is 799. The van der Waals surface area contributed by atoms with Gasteiger partial charge in [-0.3, -0.25) is 4.79 Å². The molecule has 0 atom stereocenters. The number of benzene rings is 1. The molecule has 1 aromatic heterocycles. The first-order valence-corrected chi connectivity index (χ1v) is 10.0. The van der Waals surface area contributed by atoms with Crippen molar-refractivity contribution in [1.29, 1.82) is 0 Å². The summed E-state index contributed by atoms with van der Waals surface area (Å²) >= 11 is 1.19. The standard InChI is InChI=1S/C21H23F3N2OS/c1-20(2,28-18-9-8-17(14-25-18)21(22,23)24)19(27)26-12-10-16(11-13-26)15-6-4-3-5-7-15/h3-9,14,16H,10-13H2,1-2H3. The second-order valence-corrected chi connectivity index (χ2v) is 9.12. The second-order valence-electron chi connectivity index (χ2n) is 7.47. The molecule has 7 heteroatoms. The first-order valence-electron chi connectivity index (χ1n) is 9.23. The number of piperidine rings is 1. The lowest BCUT2D eigenvalue weighted by atomic mass is 9.89. The van der Waals surface area contributed by atoms with E-state index in [2.05, 4.69) is 17.1 Å². The van der Waals surface area contributed by atoms with Gasteiger partial charge in [0.05, 0.1) is 15.3 Å². The number of carbonyl (C=O) groups is 1. The molecule has 0 bridgehead atoms. The Morgan fingerprint density at radius 2 is 1.71 bits per heavy atom. The number of rotatable bonds is 4. The maximum absolute atomic E-state index is 13.0. The summed E-state index contributed by atoms with van der Waals surface area (Å²) in [5, 5.41) is 0.408. The van der Waals surface area contributed by atoms with E-state index in [1.807, 2.05) is 23.1 Å². The zero-order valence-electron chi connectivity index (χ0n) is 15.9. The minimum absolute atomic E-state index is 0.00860. The molecule has 1 aliphatic heterocycles. The topological polar surface area (TPSA) is 33.2 Å². The highest BCUT2D eigenvalue weighted by molar-refractivity contribution is 8.01. The number of likely N-dealkylation sites (tertiary alicyclic amines) is 1. The number of thioether (sulfide) groups is 1. The number of pyridine rings is 1. The predicted molar refractivity (Wildman–Crippen MR) is 104 cm³/mol. The molecule has 1 saturated heterocycles. The van der Waals surface area contributed by atoms with Gasteiger partial charge in [-0.1, -0.05) is 42.1 Å². The van der Waals surface area contributed by atoms with Crippen molar-refractivity contribution in [3.05, 3.63) is 59.8 Å². The van der Waals surface area contributed by atoms with Crippen molar-refractivity contribution in [3.8, 4) is 0 Å². The van der Waals surface area contributed by atoms with Crippen molar-refractivity contribution in [1.82, 2.24) is 9.88 Å². The Labute approximate surface area is 167 Å². The number of alkyl halides is 3. The first-order chi connectivity index (χ1) is 13.2. The van der Waals surface area contributed by atoms with Crippen molar-refractivity contribution in [3.63, 3.8) is 0 Å². The summed E-state index contributed by atoms with van der Waals surface area (Å²) in [6.45, 7) is 4.96. The van der Waals surface area contributed by atoms with E-state index in [1.54, 1.807) is 13.8 Å². The lowest BCUT2D eigenvalue weighted by Crippen LogP contribution is -2.46. The Morgan fingerprint density at radius 3 is 2.25 bits per heavy atom. The highest BCUT2D eigenvalue weighted by atomic mass is 32.2. The molecule has 1 aliphatic rings. The van der Waals surface area contributed by atoms with Gasteiger partial charge in [0.25, 0.3) is 0 Å². The monoisotopic (exact) mass is 408 g/mol. The van der Waals surface area contributed by atoms with Crippen LogP contribution in [0.5, 0.6) is 0 Å². The quantitative estimate of drug-likeness (QED) is 0.637. The molecule has 2 aromatic rings. The van der Waals surface area contributed by atoms with Crippen LogP contribution in [0.1, 0.15) is 43.7 Å². The SMILES string of the molecule is CC(C)(Sc1ccc(C(F)(F)F)cn1)C(=O)N1CCC(c2ccccc2)CC1. The van der Waals surface area contributed by atoms with E-state index >= 15 is 0 Å². The third kappa shape index (κ3) is 4.87. The van der Waals surface area contributed by atoms with Gasteiger partial charge in [-0.25, -0.2) is 4.98 Å². The molecule has 1 fully saturated rings. The molecule has 150 valence electrons. The van der Waals surface area contributed by atoms with Crippen molar-refractivity contribution in [2.45, 2.75) is 48.6 Å². The number of carbonyl (C=O) groups excluding carboxylic acids is 1. The molecule has 1 amide bonds. The summed E-state index contributed by atoms with van der Waals surface area (Å²) in [5.41, 5.74) is 0.515. The van der Waals surface area contributed by atoms with Crippen LogP contribution < -0.4 is 0 Å². The number of hydrogen-bond donors (Lipinski definition) is 0. The molecule has 0 saturated carbocycles. The summed E-state index contributed by atoms with van der Waals surface area (Å²) in [5.74, 6) is 0.448. The van der Waals surface area contributed by atoms with Crippen molar-refractivity contribution in [2.24, 2.45) is 0 Å². The average Bonchev–Trinajstić information content (AvgIpc) is 2.67. The molecule has 28 heavy (non-hydrogen) atoms. The molecule has 0 radical (unpaired) electrons. The molecular formula is C21H23F3N2OS. The molecular weight excluding hydrogens is 385 g/mol. The van der Waals surface area contributed by atoms with E-state index in [-0.39, 0.29) is 5.91 Å². The van der Waals surface area contributed by atoms with Crippen LogP contribution >= 0.6 is 11.8 Å². The van der Waals surface area contributed by atoms with Crippen LogP contribution in [0.2, 0.25) is 0 Å². The van der Waals surface area contributed by atoms with Crippen LogP contribution in [0.25, 0.3) is 0 Å². The Kier molecular flexibility index (Phi) is 6.03. The summed E-state index contributed by atoms with van der Waals surface area (Å²) < 4.78 is 37.2. The fourth-order valence-corrected chi connectivity index (χ4v) is 4.42. The van der Waals surface area contributed by atoms with Gasteiger partial charge in [0.2, 0.25) is 5.91 Å². The number of halogens is 3. The van der Waals surface area contributed by atoms with Gasteiger partial charge >= 0.3 is 6.18 Å². The second kappa shape index (κ2) is 8.15. The van der Waals surface area contributed by atoms with Gasteiger partial charge in [0.15, 0.2) is 0 Å². The zero-order chi connectivity index (χ0) is 20.4. The van der Waals surface area contributed by atoms with Gasteiger partial charge in [-0.2, -0.15) is 13.2 Å². The molecule has 0 spiro atoms. The van der Waals surface area contributed by atoms with E-state index in [1.165, 1.54) is 23.4 Å². The molecule has 0 aliphatic carbocycles. The Balaban J connectivity index is 1.60. The van der Waals surface area contributed by atoms with Crippen LogP contribution in [-0.4, -0.2) is 33.6 Å². The van der Waals surface area contributed by atoms with Gasteiger partial charge in [0, 0.05) is 19.3 Å². The maximum atomic E-state index is 13.0. The molecule has 1 aromatic carbocycles. The van der Waals surface area contributed by atoms with E-state index in [9.17, 15) is 18.0 Å². The minimum atomic E-state index is -4.41. The number of aromatic nitrogens is 1. The molecule has 3 rings (SSSR count). The lowest BCUT2D eigenvalue weighted by Gasteiger charge is -2.36. The summed E-state index contributed by atoms with van der Waals surface area (Å²) in [4.78, 5) is 18.7. The van der Waals surface area contributed by atoms with Gasteiger partial charge in [-0.05, 0) is 50.3 Å². The molecule has 2 heterocycles. The van der Waals surface area contributed by atoms with Crippen molar-refractivity contribution in [2.75, 3.05) is 13.1 Å². The zero-order valence-corrected chi connectivity index (χ0v) is 16.7. The maximum Gasteiger partial charge on any atom is 0.417 e. The van der Waals surface area contributed by atoms with E-state index < -0.39 is 16.5 Å². The van der Waals surface area contributed by atoms with E-state index in [0.717, 1.165) is 25.1 Å². The fraction of sp³-hybridized carbons (Fsp3) is 0.429. The number of hydrogen-bond acceptors (Lipinski definition) is 3. The van der Waals surface area contributed by atoms with Crippen molar-refractivity contribution < 1.29 is 18.0 Å². The van der Waals surface area contributed by atoms with E-state index in [0.29, 0.717) is 24.0 Å². The largest absolute Gasteiger partial charge is 0.417 e. The number of amides is 1. The third-order valence-corrected chi connectivity index (χ3v) is 6.13. The van der Waals surface area contributed by atoms with Crippen LogP contribution in [-0.2, 0) is 11.0 Å². The summed E-state index contributed by atoms with van der Waals surface area (Å²) in [6.07, 6.45) is -1.77. The Morgan fingerprint density at radius 1 is 1.07 bits per heavy atom.